The summed E-state index contributed by atoms with van der Waals surface area (Å²) >= 11 is 0. The average molecular weight is 164 g/mol. The second-order valence-corrected chi connectivity index (χ2v) is 2.55. The van der Waals surface area contributed by atoms with Crippen molar-refractivity contribution in [2.75, 3.05) is 11.9 Å². The van der Waals surface area contributed by atoms with Gasteiger partial charge < -0.3 is 10.1 Å². The van der Waals surface area contributed by atoms with Crippen LogP contribution in [0.4, 0.5) is 5.82 Å². The topological polar surface area (TPSA) is 51.2 Å². The first-order valence-electron chi connectivity index (χ1n) is 3.68. The number of hydrogen-bond acceptors (Lipinski definition) is 3. The molecule has 0 saturated heterocycles. The van der Waals surface area contributed by atoms with Crippen LogP contribution in [0.25, 0.3) is 0 Å². The number of fused-ring (bicyclic) bond motifs is 1. The predicted octanol–water partition coefficient (Wildman–Crippen LogP) is 0.550. The van der Waals surface area contributed by atoms with Crippen LogP contribution in [0, 0.1) is 0 Å². The first-order chi connectivity index (χ1) is 5.86. The van der Waals surface area contributed by atoms with Crippen molar-refractivity contribution in [1.82, 2.24) is 4.98 Å². The first-order valence-corrected chi connectivity index (χ1v) is 3.68. The summed E-state index contributed by atoms with van der Waals surface area (Å²) in [6.07, 6.45) is 1.64. The van der Waals surface area contributed by atoms with Crippen LogP contribution < -0.4 is 5.32 Å². The molecule has 12 heavy (non-hydrogen) atoms. The van der Waals surface area contributed by atoms with Crippen LogP contribution in [-0.4, -0.2) is 17.5 Å². The van der Waals surface area contributed by atoms with Crippen molar-refractivity contribution in [2.45, 2.75) is 6.61 Å². The third kappa shape index (κ3) is 1.29. The molecule has 4 heteroatoms. The fraction of sp³-hybridized carbons (Fsp3) is 0.250. The Morgan fingerprint density at radius 3 is 3.33 bits per heavy atom. The molecule has 0 spiro atoms. The van der Waals surface area contributed by atoms with Crippen molar-refractivity contribution in [2.24, 2.45) is 0 Å². The van der Waals surface area contributed by atoms with Gasteiger partial charge in [-0.25, -0.2) is 4.98 Å². The number of anilines is 1. The molecule has 1 aromatic rings. The van der Waals surface area contributed by atoms with Gasteiger partial charge in [0.1, 0.15) is 12.4 Å². The van der Waals surface area contributed by atoms with Gasteiger partial charge in [0.25, 0.3) is 5.91 Å². The molecule has 1 aliphatic rings. The molecular formula is C8H8N2O2. The Morgan fingerprint density at radius 1 is 1.50 bits per heavy atom. The first kappa shape index (κ1) is 7.24. The Labute approximate surface area is 69.6 Å². The monoisotopic (exact) mass is 164 g/mol. The summed E-state index contributed by atoms with van der Waals surface area (Å²) in [7, 11) is 0. The molecule has 2 rings (SSSR count). The van der Waals surface area contributed by atoms with Crippen LogP contribution >= 0.6 is 0 Å². The van der Waals surface area contributed by atoms with Crippen molar-refractivity contribution in [3.63, 3.8) is 0 Å². The summed E-state index contributed by atoms with van der Waals surface area (Å²) in [5.41, 5.74) is 0.920. The van der Waals surface area contributed by atoms with Gasteiger partial charge in [-0.1, -0.05) is 6.07 Å². The van der Waals surface area contributed by atoms with Crippen LogP contribution in [0.15, 0.2) is 18.3 Å². The number of hydrogen-bond donors (Lipinski definition) is 1. The minimum atomic E-state index is -0.146. The molecular weight excluding hydrogens is 156 g/mol. The normalized spacial score (nSPS) is 16.2. The Morgan fingerprint density at radius 2 is 2.42 bits per heavy atom. The molecule has 0 unspecified atom stereocenters. The van der Waals surface area contributed by atoms with E-state index in [9.17, 15) is 4.79 Å². The molecule has 0 saturated carbocycles. The fourth-order valence-corrected chi connectivity index (χ4v) is 1.09. The predicted molar refractivity (Wildman–Crippen MR) is 42.5 cm³/mol. The summed E-state index contributed by atoms with van der Waals surface area (Å²) in [5.74, 6) is 0.465. The third-order valence-corrected chi connectivity index (χ3v) is 1.64. The van der Waals surface area contributed by atoms with E-state index in [4.69, 9.17) is 4.74 Å². The largest absolute Gasteiger partial charge is 0.367 e. The number of ether oxygens (including phenoxy) is 1. The quantitative estimate of drug-likeness (QED) is 0.609. The van der Waals surface area contributed by atoms with Crippen LogP contribution in [-0.2, 0) is 16.1 Å². The maximum atomic E-state index is 11.0. The number of nitrogens with one attached hydrogen (secondary N) is 1. The Balaban J connectivity index is 2.37. The number of rotatable bonds is 0. The summed E-state index contributed by atoms with van der Waals surface area (Å²) in [5, 5.41) is 2.65. The summed E-state index contributed by atoms with van der Waals surface area (Å²) in [4.78, 5) is 15.0. The summed E-state index contributed by atoms with van der Waals surface area (Å²) in [6, 6.07) is 3.70. The van der Waals surface area contributed by atoms with E-state index in [0.717, 1.165) is 5.56 Å². The second kappa shape index (κ2) is 2.91. The van der Waals surface area contributed by atoms with Gasteiger partial charge in [0, 0.05) is 11.8 Å². The van der Waals surface area contributed by atoms with E-state index in [1.54, 1.807) is 6.20 Å². The molecule has 0 aromatic carbocycles. The van der Waals surface area contributed by atoms with Gasteiger partial charge in [0.05, 0.1) is 6.61 Å². The number of amides is 1. The van der Waals surface area contributed by atoms with E-state index >= 15 is 0 Å². The number of carbonyl (C=O) groups excluding carboxylic acids is 1. The van der Waals surface area contributed by atoms with Crippen LogP contribution in [0.1, 0.15) is 5.56 Å². The smallest absolute Gasteiger partial charge is 0.251 e. The number of pyridine rings is 1. The molecule has 1 amide bonds. The third-order valence-electron chi connectivity index (χ3n) is 1.64. The summed E-state index contributed by atoms with van der Waals surface area (Å²) in [6.45, 7) is 0.554. The number of nitrogens with zero attached hydrogens (tertiary/aromatic N) is 1. The van der Waals surface area contributed by atoms with Gasteiger partial charge in [-0.05, 0) is 6.07 Å². The summed E-state index contributed by atoms with van der Waals surface area (Å²) < 4.78 is 5.08. The minimum absolute atomic E-state index is 0.107. The highest BCUT2D eigenvalue weighted by molar-refractivity contribution is 5.91. The maximum absolute atomic E-state index is 11.0. The molecule has 0 aliphatic carbocycles. The molecule has 1 N–H and O–H groups in total. The zero-order valence-corrected chi connectivity index (χ0v) is 6.41. The van der Waals surface area contributed by atoms with Gasteiger partial charge in [-0.2, -0.15) is 0 Å². The lowest BCUT2D eigenvalue weighted by atomic mass is 10.3. The lowest BCUT2D eigenvalue weighted by Gasteiger charge is -2.01. The van der Waals surface area contributed by atoms with Crippen LogP contribution in [0.3, 0.4) is 0 Å². The molecule has 1 aromatic heterocycles. The van der Waals surface area contributed by atoms with E-state index in [1.165, 1.54) is 0 Å². The lowest BCUT2D eigenvalue weighted by Crippen LogP contribution is -2.15. The number of carbonyl (C=O) groups is 1. The van der Waals surface area contributed by atoms with E-state index in [-0.39, 0.29) is 12.5 Å². The van der Waals surface area contributed by atoms with Crippen LogP contribution in [0.2, 0.25) is 0 Å². The van der Waals surface area contributed by atoms with Crippen molar-refractivity contribution >= 4 is 11.7 Å². The molecule has 62 valence electrons. The van der Waals surface area contributed by atoms with Gasteiger partial charge in [-0.3, -0.25) is 4.79 Å². The molecule has 0 radical (unpaired) electrons. The lowest BCUT2D eigenvalue weighted by molar-refractivity contribution is -0.120. The maximum Gasteiger partial charge on any atom is 0.251 e. The van der Waals surface area contributed by atoms with Gasteiger partial charge in [-0.15, -0.1) is 0 Å². The van der Waals surface area contributed by atoms with Crippen molar-refractivity contribution in [1.29, 1.82) is 0 Å². The van der Waals surface area contributed by atoms with E-state index in [2.05, 4.69) is 10.3 Å². The van der Waals surface area contributed by atoms with Crippen LogP contribution in [0.5, 0.6) is 0 Å². The minimum Gasteiger partial charge on any atom is -0.367 e. The Hall–Kier alpha value is -1.42. The van der Waals surface area contributed by atoms with Crippen molar-refractivity contribution < 1.29 is 9.53 Å². The molecule has 0 fully saturated rings. The average Bonchev–Trinajstić information content (AvgIpc) is 2.25. The fourth-order valence-electron chi connectivity index (χ4n) is 1.09. The molecule has 0 atom stereocenters. The zero-order valence-electron chi connectivity index (χ0n) is 6.41. The van der Waals surface area contributed by atoms with E-state index in [1.807, 2.05) is 12.1 Å². The SMILES string of the molecule is O=C1COCc2cccnc2N1. The standard InChI is InChI=1S/C8H8N2O2/c11-7-5-12-4-6-2-1-3-9-8(6)10-7/h1-3H,4-5H2,(H,9,10,11). The Kier molecular flexibility index (Phi) is 1.75. The molecule has 1 aliphatic heterocycles. The zero-order chi connectivity index (χ0) is 8.39. The molecule has 4 nitrogen and oxygen atoms in total. The highest BCUT2D eigenvalue weighted by Crippen LogP contribution is 2.14. The van der Waals surface area contributed by atoms with Crippen molar-refractivity contribution in [3.05, 3.63) is 23.9 Å². The highest BCUT2D eigenvalue weighted by atomic mass is 16.5. The van der Waals surface area contributed by atoms with Gasteiger partial charge in [0.2, 0.25) is 0 Å². The van der Waals surface area contributed by atoms with Gasteiger partial charge >= 0.3 is 0 Å². The second-order valence-electron chi connectivity index (χ2n) is 2.55. The molecule has 2 heterocycles. The number of aromatic nitrogens is 1. The Bertz CT molecular complexity index is 312. The highest BCUT2D eigenvalue weighted by Gasteiger charge is 2.12. The molecule has 0 bridgehead atoms. The van der Waals surface area contributed by atoms with Crippen molar-refractivity contribution in [3.8, 4) is 0 Å². The van der Waals surface area contributed by atoms with E-state index < -0.39 is 0 Å². The van der Waals surface area contributed by atoms with Gasteiger partial charge in [0.15, 0.2) is 0 Å². The van der Waals surface area contributed by atoms with E-state index in [0.29, 0.717) is 12.4 Å².